The molecule has 0 amide bonds. The lowest BCUT2D eigenvalue weighted by Gasteiger charge is -2.34. The number of benzene rings is 12. The van der Waals surface area contributed by atoms with Crippen LogP contribution in [0.1, 0.15) is 22.3 Å². The maximum absolute atomic E-state index is 7.19. The van der Waals surface area contributed by atoms with Gasteiger partial charge in [-0.15, -0.1) is 0 Å². The topological polar surface area (TPSA) is 32.8 Å². The number of para-hydroxylation sites is 6. The molecule has 0 saturated carbocycles. The number of anilines is 6. The Morgan fingerprint density at radius 2 is 0.685 bits per heavy atom. The number of furan rings is 2. The Kier molecular flexibility index (Phi) is 8.35. The highest BCUT2D eigenvalue weighted by Crippen LogP contribution is 2.68. The molecule has 0 saturated heterocycles. The Hall–Kier alpha value is -9.64. The van der Waals surface area contributed by atoms with E-state index in [1.807, 2.05) is 0 Å². The Labute approximate surface area is 420 Å². The van der Waals surface area contributed by atoms with Crippen LogP contribution in [0.3, 0.4) is 0 Å². The summed E-state index contributed by atoms with van der Waals surface area (Å²) >= 11 is 0. The van der Waals surface area contributed by atoms with Gasteiger partial charge in [-0.2, -0.15) is 0 Å². The number of hydrogen-bond donors (Lipinski definition) is 0. The molecule has 0 bridgehead atoms. The van der Waals surface area contributed by atoms with Crippen molar-refractivity contribution in [2.45, 2.75) is 5.41 Å². The largest absolute Gasteiger partial charge is 0.456 e. The van der Waals surface area contributed by atoms with E-state index in [4.69, 9.17) is 8.83 Å². The summed E-state index contributed by atoms with van der Waals surface area (Å²) in [7, 11) is 0. The first-order valence-electron chi connectivity index (χ1n) is 25.1. The van der Waals surface area contributed by atoms with Crippen LogP contribution in [0, 0.1) is 0 Å². The van der Waals surface area contributed by atoms with Gasteiger partial charge in [0.15, 0.2) is 0 Å². The zero-order chi connectivity index (χ0) is 47.8. The van der Waals surface area contributed by atoms with Crippen molar-refractivity contribution < 1.29 is 8.83 Å². The Morgan fingerprint density at radius 3 is 1.23 bits per heavy atom. The summed E-state index contributed by atoms with van der Waals surface area (Å²) in [5.74, 6) is 0. The molecule has 12 aromatic carbocycles. The summed E-state index contributed by atoms with van der Waals surface area (Å²) in [6.07, 6.45) is 0. The molecule has 2 aliphatic rings. The van der Waals surface area contributed by atoms with Crippen LogP contribution in [0.25, 0.3) is 87.7 Å². The molecule has 14 aromatic rings. The molecule has 4 nitrogen and oxygen atoms in total. The summed E-state index contributed by atoms with van der Waals surface area (Å²) in [5, 5.41) is 8.84. The molecular formula is C69H42N2O2. The zero-order valence-corrected chi connectivity index (χ0v) is 39.5. The number of hydrogen-bond acceptors (Lipinski definition) is 4. The summed E-state index contributed by atoms with van der Waals surface area (Å²) in [5.41, 5.74) is 19.0. The minimum Gasteiger partial charge on any atom is -0.456 e. The Morgan fingerprint density at radius 1 is 0.274 bits per heavy atom. The quantitative estimate of drug-likeness (QED) is 0.166. The standard InChI is InChI=1S/C69H42N2O2/c1-5-21-43(22-6-1)70(44-23-7-2-8-24-44)58-41-56-63(52-39-40-62-67(65(52)58)51-32-16-20-36-61(51)72-62)64-53-38-37-50-49-31-15-19-35-60(49)73-68(50)66(53)59(71(45-25-9-3-10-26-45)46-27-11-4-12-28-46)42-57(64)69(56)54-33-17-13-29-47(54)48-30-14-18-34-55(48)69/h1-42H. The fraction of sp³-hybridized carbons (Fsp3) is 0.0145. The maximum Gasteiger partial charge on any atom is 0.145 e. The van der Waals surface area contributed by atoms with E-state index in [0.29, 0.717) is 0 Å². The lowest BCUT2D eigenvalue weighted by molar-refractivity contribution is 0.669. The van der Waals surface area contributed by atoms with E-state index in [-0.39, 0.29) is 0 Å². The molecule has 1 spiro atoms. The van der Waals surface area contributed by atoms with Crippen LogP contribution in [0.15, 0.2) is 264 Å². The predicted octanol–water partition coefficient (Wildman–Crippen LogP) is 19.1. The lowest BCUT2D eigenvalue weighted by Crippen LogP contribution is -2.26. The van der Waals surface area contributed by atoms with E-state index in [2.05, 4.69) is 265 Å². The lowest BCUT2D eigenvalue weighted by atomic mass is 9.70. The van der Waals surface area contributed by atoms with Gasteiger partial charge in [-0.05, 0) is 146 Å². The smallest absolute Gasteiger partial charge is 0.145 e. The molecule has 4 heteroatoms. The first kappa shape index (κ1) is 40.1. The third-order valence-corrected chi connectivity index (χ3v) is 15.8. The second kappa shape index (κ2) is 15.2. The number of nitrogens with zero attached hydrogens (tertiary/aromatic N) is 2. The van der Waals surface area contributed by atoms with Crippen molar-refractivity contribution in [3.05, 3.63) is 277 Å². The SMILES string of the molecule is c1ccc(N(c2ccccc2)c2cc3c(c4ccc5c6ccccc6oc5c24)-c2c(cc(N(c4ccccc4)c4ccccc4)c4c2ccc2oc5ccccc5c24)C32c3ccccc3-c3ccccc32)cc1. The molecule has 340 valence electrons. The molecule has 0 atom stereocenters. The van der Waals surface area contributed by atoms with Crippen LogP contribution in [-0.2, 0) is 5.41 Å². The third kappa shape index (κ3) is 5.44. The van der Waals surface area contributed by atoms with Crippen molar-refractivity contribution >= 4 is 99.5 Å². The van der Waals surface area contributed by atoms with E-state index in [1.165, 1.54) is 44.5 Å². The van der Waals surface area contributed by atoms with E-state index >= 15 is 0 Å². The molecule has 2 heterocycles. The zero-order valence-electron chi connectivity index (χ0n) is 39.5. The minimum absolute atomic E-state index is 0.752. The van der Waals surface area contributed by atoms with Crippen LogP contribution in [0.2, 0.25) is 0 Å². The fourth-order valence-electron chi connectivity index (χ4n) is 13.0. The normalized spacial score (nSPS) is 13.0. The van der Waals surface area contributed by atoms with Crippen molar-refractivity contribution in [3.63, 3.8) is 0 Å². The average Bonchev–Trinajstić information content (AvgIpc) is 4.21. The third-order valence-electron chi connectivity index (χ3n) is 15.8. The van der Waals surface area contributed by atoms with E-state index < -0.39 is 5.41 Å². The van der Waals surface area contributed by atoms with Crippen molar-refractivity contribution in [1.82, 2.24) is 0 Å². The van der Waals surface area contributed by atoms with Gasteiger partial charge in [-0.3, -0.25) is 0 Å². The van der Waals surface area contributed by atoms with Crippen LogP contribution >= 0.6 is 0 Å². The molecular weight excluding hydrogens is 889 g/mol. The molecule has 0 fully saturated rings. The highest BCUT2D eigenvalue weighted by Gasteiger charge is 2.54. The molecule has 0 aliphatic heterocycles. The molecule has 16 rings (SSSR count). The second-order valence-electron chi connectivity index (χ2n) is 19.4. The van der Waals surface area contributed by atoms with Gasteiger partial charge in [-0.25, -0.2) is 0 Å². The second-order valence-corrected chi connectivity index (χ2v) is 19.4. The van der Waals surface area contributed by atoms with Gasteiger partial charge in [0, 0.05) is 55.1 Å². The van der Waals surface area contributed by atoms with Gasteiger partial charge in [0.1, 0.15) is 22.3 Å². The van der Waals surface area contributed by atoms with E-state index in [1.54, 1.807) is 0 Å². The van der Waals surface area contributed by atoms with Gasteiger partial charge in [0.05, 0.1) is 16.8 Å². The molecule has 0 N–H and O–H groups in total. The molecule has 0 unspecified atom stereocenters. The van der Waals surface area contributed by atoms with E-state index in [0.717, 1.165) is 99.5 Å². The summed E-state index contributed by atoms with van der Waals surface area (Å²) in [6, 6.07) is 92.8. The summed E-state index contributed by atoms with van der Waals surface area (Å²) in [4.78, 5) is 4.90. The number of rotatable bonds is 6. The minimum atomic E-state index is -0.752. The van der Waals surface area contributed by atoms with Gasteiger partial charge in [0.2, 0.25) is 0 Å². The van der Waals surface area contributed by atoms with Crippen molar-refractivity contribution in [1.29, 1.82) is 0 Å². The van der Waals surface area contributed by atoms with Crippen molar-refractivity contribution in [2.24, 2.45) is 0 Å². The molecule has 0 radical (unpaired) electrons. The van der Waals surface area contributed by atoms with Gasteiger partial charge in [-0.1, -0.05) is 164 Å². The van der Waals surface area contributed by atoms with Crippen LogP contribution in [-0.4, -0.2) is 0 Å². The first-order chi connectivity index (χ1) is 36.3. The average molecular weight is 931 g/mol. The van der Waals surface area contributed by atoms with Crippen molar-refractivity contribution in [2.75, 3.05) is 9.80 Å². The van der Waals surface area contributed by atoms with Crippen molar-refractivity contribution in [3.8, 4) is 22.3 Å². The molecule has 73 heavy (non-hydrogen) atoms. The predicted molar refractivity (Wildman–Crippen MR) is 302 cm³/mol. The van der Waals surface area contributed by atoms with Crippen LogP contribution in [0.4, 0.5) is 34.1 Å². The summed E-state index contributed by atoms with van der Waals surface area (Å²) < 4.78 is 14.0. The molecule has 2 aliphatic carbocycles. The first-order valence-corrected chi connectivity index (χ1v) is 25.1. The van der Waals surface area contributed by atoms with Crippen LogP contribution in [0.5, 0.6) is 0 Å². The Bertz CT molecular complexity index is 4430. The monoisotopic (exact) mass is 930 g/mol. The van der Waals surface area contributed by atoms with Gasteiger partial charge < -0.3 is 18.6 Å². The highest BCUT2D eigenvalue weighted by atomic mass is 16.3. The highest BCUT2D eigenvalue weighted by molar-refractivity contribution is 6.30. The van der Waals surface area contributed by atoms with Crippen LogP contribution < -0.4 is 9.80 Å². The van der Waals surface area contributed by atoms with E-state index in [9.17, 15) is 0 Å². The van der Waals surface area contributed by atoms with Gasteiger partial charge in [0.25, 0.3) is 0 Å². The number of fused-ring (bicyclic) bond motifs is 22. The van der Waals surface area contributed by atoms with Gasteiger partial charge >= 0.3 is 0 Å². The maximum atomic E-state index is 7.19. The molecule has 2 aromatic heterocycles. The fourth-order valence-corrected chi connectivity index (χ4v) is 13.0. The summed E-state index contributed by atoms with van der Waals surface area (Å²) in [6.45, 7) is 0. The Balaban J connectivity index is 1.17.